The number of hydrogen-bond donors (Lipinski definition) is 1. The number of carbonyl (C=O) groups is 1. The van der Waals surface area contributed by atoms with Gasteiger partial charge in [0.15, 0.2) is 0 Å². The number of anilines is 1. The molecule has 0 radical (unpaired) electrons. The first kappa shape index (κ1) is 20.4. The summed E-state index contributed by atoms with van der Waals surface area (Å²) in [6, 6.07) is 5.49. The van der Waals surface area contributed by atoms with E-state index in [0.29, 0.717) is 17.4 Å². The molecule has 1 N–H and O–H groups in total. The predicted molar refractivity (Wildman–Crippen MR) is 122 cm³/mol. The van der Waals surface area contributed by atoms with Gasteiger partial charge < -0.3 is 0 Å². The molecule has 1 aromatic carbocycles. The molecule has 2 heterocycles. The van der Waals surface area contributed by atoms with E-state index in [2.05, 4.69) is 20.4 Å². The highest BCUT2D eigenvalue weighted by atomic mass is 35.5. The molecule has 1 amide bonds. The Morgan fingerprint density at radius 2 is 1.83 bits per heavy atom. The molecule has 1 aromatic rings. The Kier molecular flexibility index (Phi) is 6.57. The van der Waals surface area contributed by atoms with Gasteiger partial charge in [0.2, 0.25) is 5.11 Å². The second kappa shape index (κ2) is 9.32. The van der Waals surface area contributed by atoms with E-state index in [0.717, 1.165) is 55.7 Å². The maximum atomic E-state index is 13.2. The van der Waals surface area contributed by atoms with Crippen LogP contribution >= 0.6 is 23.8 Å². The van der Waals surface area contributed by atoms with E-state index in [9.17, 15) is 4.79 Å². The van der Waals surface area contributed by atoms with Gasteiger partial charge in [-0.2, -0.15) is 5.10 Å². The number of benzene rings is 1. The summed E-state index contributed by atoms with van der Waals surface area (Å²) in [6.45, 7) is 2.59. The van der Waals surface area contributed by atoms with E-state index >= 15 is 0 Å². The fraction of sp³-hybridized carbons (Fsp3) is 0.524. The third-order valence-electron chi connectivity index (χ3n) is 5.70. The molecule has 6 nitrogen and oxygen atoms in total. The fourth-order valence-electron chi connectivity index (χ4n) is 4.16. The summed E-state index contributed by atoms with van der Waals surface area (Å²) >= 11 is 11.6. The molecular formula is C21H26ClN5OS. The zero-order valence-corrected chi connectivity index (χ0v) is 18.1. The van der Waals surface area contributed by atoms with E-state index < -0.39 is 0 Å². The maximum Gasteiger partial charge on any atom is 0.278 e. The number of rotatable bonds is 3. The number of fused-ring (bicyclic) bond motifs is 1. The number of halogens is 1. The Hall–Kier alpha value is -1.83. The molecule has 0 aromatic heterocycles. The van der Waals surface area contributed by atoms with Gasteiger partial charge >= 0.3 is 0 Å². The summed E-state index contributed by atoms with van der Waals surface area (Å²) in [7, 11) is 0. The average molecular weight is 432 g/mol. The standard InChI is InChI=1S/C21H26ClN5OS/c22-15-9-10-18-17(13-15)19(20(28)27(18)14-26-11-5-2-6-12-26)23-21(29)25-24-16-7-3-1-4-8-16/h9-10,13H,1-8,11-12,14H2,(H,25,29)/b23-19-. The molecule has 2 aliphatic heterocycles. The molecule has 2 fully saturated rings. The third kappa shape index (κ3) is 4.85. The second-order valence-electron chi connectivity index (χ2n) is 7.83. The lowest BCUT2D eigenvalue weighted by Gasteiger charge is -2.30. The first-order valence-corrected chi connectivity index (χ1v) is 11.2. The minimum Gasteiger partial charge on any atom is -0.293 e. The van der Waals surface area contributed by atoms with Crippen molar-refractivity contribution in [3.8, 4) is 0 Å². The van der Waals surface area contributed by atoms with Crippen molar-refractivity contribution in [2.45, 2.75) is 51.4 Å². The van der Waals surface area contributed by atoms with Gasteiger partial charge in [0, 0.05) is 16.3 Å². The normalized spacial score (nSPS) is 21.4. The predicted octanol–water partition coefficient (Wildman–Crippen LogP) is 4.11. The third-order valence-corrected chi connectivity index (χ3v) is 6.11. The molecule has 1 saturated carbocycles. The number of nitrogens with one attached hydrogen (secondary N) is 1. The topological polar surface area (TPSA) is 60.3 Å². The van der Waals surface area contributed by atoms with Crippen LogP contribution in [0.15, 0.2) is 28.3 Å². The van der Waals surface area contributed by atoms with E-state index in [4.69, 9.17) is 23.8 Å². The second-order valence-corrected chi connectivity index (χ2v) is 8.65. The summed E-state index contributed by atoms with van der Waals surface area (Å²) in [5.74, 6) is -0.137. The van der Waals surface area contributed by atoms with Crippen LogP contribution in [-0.4, -0.2) is 47.1 Å². The Bertz CT molecular complexity index is 855. The van der Waals surface area contributed by atoms with E-state index in [1.165, 1.54) is 25.7 Å². The monoisotopic (exact) mass is 431 g/mol. The highest BCUT2D eigenvalue weighted by Crippen LogP contribution is 2.32. The van der Waals surface area contributed by atoms with Crippen LogP contribution in [-0.2, 0) is 4.79 Å². The van der Waals surface area contributed by atoms with Gasteiger partial charge in [-0.25, -0.2) is 4.99 Å². The smallest absolute Gasteiger partial charge is 0.278 e. The van der Waals surface area contributed by atoms with Gasteiger partial charge in [0.05, 0.1) is 12.4 Å². The van der Waals surface area contributed by atoms with Gasteiger partial charge in [0.1, 0.15) is 5.71 Å². The zero-order chi connectivity index (χ0) is 20.2. The van der Waals surface area contributed by atoms with Crippen molar-refractivity contribution < 1.29 is 4.79 Å². The molecule has 4 rings (SSSR count). The Morgan fingerprint density at radius 1 is 1.10 bits per heavy atom. The van der Waals surface area contributed by atoms with E-state index in [1.807, 2.05) is 12.1 Å². The van der Waals surface area contributed by atoms with Gasteiger partial charge in [-0.05, 0) is 82.0 Å². The summed E-state index contributed by atoms with van der Waals surface area (Å²) < 4.78 is 0. The number of piperidine rings is 1. The quantitative estimate of drug-likeness (QED) is 0.577. The molecule has 1 aliphatic carbocycles. The van der Waals surface area contributed by atoms with Crippen molar-refractivity contribution in [3.63, 3.8) is 0 Å². The number of hydrazone groups is 1. The van der Waals surface area contributed by atoms with Crippen LogP contribution in [0.1, 0.15) is 56.9 Å². The van der Waals surface area contributed by atoms with Crippen LogP contribution in [0.2, 0.25) is 5.02 Å². The number of amides is 1. The van der Waals surface area contributed by atoms with Crippen molar-refractivity contribution in [1.29, 1.82) is 0 Å². The van der Waals surface area contributed by atoms with E-state index in [-0.39, 0.29) is 11.0 Å². The highest BCUT2D eigenvalue weighted by molar-refractivity contribution is 7.80. The number of thiocarbonyl (C=S) groups is 1. The zero-order valence-electron chi connectivity index (χ0n) is 16.5. The summed E-state index contributed by atoms with van der Waals surface area (Å²) in [5.41, 5.74) is 5.88. The van der Waals surface area contributed by atoms with Crippen LogP contribution in [0.25, 0.3) is 0 Å². The fourth-order valence-corrected chi connectivity index (χ4v) is 4.47. The molecule has 0 atom stereocenters. The van der Waals surface area contributed by atoms with E-state index in [1.54, 1.807) is 11.0 Å². The Morgan fingerprint density at radius 3 is 2.59 bits per heavy atom. The molecule has 0 bridgehead atoms. The lowest BCUT2D eigenvalue weighted by Crippen LogP contribution is -2.43. The minimum absolute atomic E-state index is 0.137. The van der Waals surface area contributed by atoms with Crippen LogP contribution < -0.4 is 10.3 Å². The van der Waals surface area contributed by atoms with Crippen molar-refractivity contribution in [2.24, 2.45) is 10.1 Å². The van der Waals surface area contributed by atoms with Crippen LogP contribution in [0, 0.1) is 0 Å². The van der Waals surface area contributed by atoms with Gasteiger partial charge in [-0.15, -0.1) is 0 Å². The number of likely N-dealkylation sites (tertiary alicyclic amines) is 1. The van der Waals surface area contributed by atoms with Gasteiger partial charge in [0.25, 0.3) is 5.91 Å². The molecule has 1 saturated heterocycles. The molecule has 3 aliphatic rings. The van der Waals surface area contributed by atoms with Crippen molar-refractivity contribution in [1.82, 2.24) is 10.3 Å². The molecule has 154 valence electrons. The number of carbonyl (C=O) groups excluding carboxylic acids is 1. The average Bonchev–Trinajstić information content (AvgIpc) is 2.99. The lowest BCUT2D eigenvalue weighted by atomic mass is 9.99. The Labute approximate surface area is 182 Å². The first-order valence-electron chi connectivity index (χ1n) is 10.4. The van der Waals surface area contributed by atoms with Crippen LogP contribution in [0.3, 0.4) is 0 Å². The SMILES string of the molecule is O=C1/C(=N\C(=S)NN=C2CCCCC2)c2cc(Cl)ccc2N1CN1CCCCC1. The lowest BCUT2D eigenvalue weighted by molar-refractivity contribution is -0.112. The van der Waals surface area contributed by atoms with Crippen molar-refractivity contribution in [2.75, 3.05) is 24.7 Å². The molecule has 29 heavy (non-hydrogen) atoms. The minimum atomic E-state index is -0.137. The first-order chi connectivity index (χ1) is 14.1. The molecule has 0 spiro atoms. The highest BCUT2D eigenvalue weighted by Gasteiger charge is 2.35. The molecule has 8 heteroatoms. The number of nitrogens with zero attached hydrogens (tertiary/aromatic N) is 4. The van der Waals surface area contributed by atoms with Crippen LogP contribution in [0.4, 0.5) is 5.69 Å². The Balaban J connectivity index is 1.54. The van der Waals surface area contributed by atoms with Gasteiger partial charge in [-0.1, -0.05) is 24.4 Å². The summed E-state index contributed by atoms with van der Waals surface area (Å²) in [6.07, 6.45) is 9.17. The van der Waals surface area contributed by atoms with Crippen LogP contribution in [0.5, 0.6) is 0 Å². The maximum absolute atomic E-state index is 13.2. The molecular weight excluding hydrogens is 406 g/mol. The van der Waals surface area contributed by atoms with Crippen molar-refractivity contribution in [3.05, 3.63) is 28.8 Å². The number of hydrogen-bond acceptors (Lipinski definition) is 4. The number of aliphatic imine (C=N–C) groups is 1. The van der Waals surface area contributed by atoms with Gasteiger partial charge in [-0.3, -0.25) is 20.0 Å². The molecule has 0 unspecified atom stereocenters. The largest absolute Gasteiger partial charge is 0.293 e. The van der Waals surface area contributed by atoms with Crippen molar-refractivity contribution >= 4 is 51.9 Å². The summed E-state index contributed by atoms with van der Waals surface area (Å²) in [4.78, 5) is 21.7. The summed E-state index contributed by atoms with van der Waals surface area (Å²) in [5, 5.41) is 5.18.